The first-order valence-electron chi connectivity index (χ1n) is 5.58. The Labute approximate surface area is 109 Å². The fourth-order valence-corrected chi connectivity index (χ4v) is 1.90. The van der Waals surface area contributed by atoms with Crippen LogP contribution in [0.25, 0.3) is 5.65 Å². The van der Waals surface area contributed by atoms with Crippen LogP contribution in [-0.2, 0) is 11.2 Å². The molecule has 18 heavy (non-hydrogen) atoms. The molecule has 0 bridgehead atoms. The Balaban J connectivity index is 2.64. The van der Waals surface area contributed by atoms with Crippen LogP contribution in [-0.4, -0.2) is 27.2 Å². The summed E-state index contributed by atoms with van der Waals surface area (Å²) in [4.78, 5) is 15.9. The molecule has 0 aliphatic rings. The number of rotatable bonds is 3. The van der Waals surface area contributed by atoms with Gasteiger partial charge in [0, 0.05) is 11.8 Å². The predicted molar refractivity (Wildman–Crippen MR) is 67.7 cm³/mol. The summed E-state index contributed by atoms with van der Waals surface area (Å²) < 4.78 is 6.37. The maximum Gasteiger partial charge on any atom is 0.345 e. The van der Waals surface area contributed by atoms with Crippen molar-refractivity contribution in [2.75, 3.05) is 12.3 Å². The highest BCUT2D eigenvalue weighted by molar-refractivity contribution is 6.30. The van der Waals surface area contributed by atoms with Crippen molar-refractivity contribution >= 4 is 29.0 Å². The number of ether oxygens (including phenoxy) is 1. The molecule has 0 fully saturated rings. The van der Waals surface area contributed by atoms with Crippen LogP contribution < -0.4 is 5.73 Å². The van der Waals surface area contributed by atoms with Gasteiger partial charge < -0.3 is 10.5 Å². The van der Waals surface area contributed by atoms with Gasteiger partial charge in [-0.3, -0.25) is 0 Å². The first-order valence-corrected chi connectivity index (χ1v) is 5.96. The van der Waals surface area contributed by atoms with Crippen LogP contribution in [0.15, 0.2) is 6.20 Å². The number of nitrogens with zero attached hydrogens (tertiary/aromatic N) is 3. The van der Waals surface area contributed by atoms with Gasteiger partial charge in [0.1, 0.15) is 10.7 Å². The number of anilines is 1. The third kappa shape index (κ3) is 1.99. The number of esters is 1. The second-order valence-corrected chi connectivity index (χ2v) is 4.02. The number of carbonyl (C=O) groups is 1. The predicted octanol–water partition coefficient (Wildman–Crippen LogP) is 1.70. The largest absolute Gasteiger partial charge is 0.462 e. The lowest BCUT2D eigenvalue weighted by Gasteiger charge is -2.02. The topological polar surface area (TPSA) is 82.5 Å². The van der Waals surface area contributed by atoms with Gasteiger partial charge >= 0.3 is 5.97 Å². The molecule has 0 saturated heterocycles. The maximum absolute atomic E-state index is 11.8. The second kappa shape index (κ2) is 4.81. The summed E-state index contributed by atoms with van der Waals surface area (Å²) in [5, 5.41) is 4.38. The van der Waals surface area contributed by atoms with Crippen LogP contribution >= 0.6 is 11.6 Å². The van der Waals surface area contributed by atoms with Gasteiger partial charge in [-0.2, -0.15) is 0 Å². The van der Waals surface area contributed by atoms with E-state index < -0.39 is 5.97 Å². The van der Waals surface area contributed by atoms with Gasteiger partial charge in [0.2, 0.25) is 0 Å². The smallest absolute Gasteiger partial charge is 0.345 e. The average Bonchev–Trinajstić information content (AvgIpc) is 2.63. The molecule has 0 amide bonds. The zero-order valence-electron chi connectivity index (χ0n) is 10.1. The van der Waals surface area contributed by atoms with Crippen LogP contribution in [0.1, 0.15) is 29.8 Å². The molecule has 6 nitrogen and oxygen atoms in total. The Morgan fingerprint density at radius 1 is 1.56 bits per heavy atom. The number of fused-ring (bicyclic) bond motifs is 1. The third-order valence-electron chi connectivity index (χ3n) is 2.52. The molecule has 0 aliphatic heterocycles. The Hall–Kier alpha value is -1.82. The molecule has 2 N–H and O–H groups in total. The van der Waals surface area contributed by atoms with Gasteiger partial charge in [-0.15, -0.1) is 5.10 Å². The van der Waals surface area contributed by atoms with E-state index in [0.29, 0.717) is 10.8 Å². The molecule has 96 valence electrons. The van der Waals surface area contributed by atoms with E-state index in [0.717, 1.165) is 12.0 Å². The summed E-state index contributed by atoms with van der Waals surface area (Å²) in [5.74, 6) is -0.455. The maximum atomic E-state index is 11.8. The lowest BCUT2D eigenvalue weighted by molar-refractivity contribution is 0.0529. The first-order chi connectivity index (χ1) is 8.58. The number of halogens is 1. The highest BCUT2D eigenvalue weighted by Gasteiger charge is 2.21. The minimum atomic E-state index is -0.544. The van der Waals surface area contributed by atoms with E-state index in [-0.39, 0.29) is 18.0 Å². The summed E-state index contributed by atoms with van der Waals surface area (Å²) in [6.45, 7) is 3.93. The van der Waals surface area contributed by atoms with Gasteiger partial charge in [-0.25, -0.2) is 14.3 Å². The Bertz CT molecular complexity index is 609. The molecule has 2 heterocycles. The van der Waals surface area contributed by atoms with Crippen molar-refractivity contribution < 1.29 is 9.53 Å². The monoisotopic (exact) mass is 268 g/mol. The molecule has 0 atom stereocenters. The Morgan fingerprint density at radius 2 is 2.28 bits per heavy atom. The summed E-state index contributed by atoms with van der Waals surface area (Å²) in [6.07, 6.45) is 2.43. The molecule has 0 saturated carbocycles. The fourth-order valence-electron chi connectivity index (χ4n) is 1.64. The van der Waals surface area contributed by atoms with Crippen molar-refractivity contribution in [1.82, 2.24) is 14.6 Å². The van der Waals surface area contributed by atoms with Gasteiger partial charge in [0.15, 0.2) is 11.5 Å². The minimum absolute atomic E-state index is 0.0882. The van der Waals surface area contributed by atoms with Crippen LogP contribution in [0.3, 0.4) is 0 Å². The average molecular weight is 269 g/mol. The zero-order valence-corrected chi connectivity index (χ0v) is 10.9. The van der Waals surface area contributed by atoms with E-state index in [1.807, 2.05) is 6.92 Å². The number of aryl methyl sites for hydroxylation is 1. The van der Waals surface area contributed by atoms with Gasteiger partial charge in [-0.05, 0) is 13.3 Å². The molecular weight excluding hydrogens is 256 g/mol. The Morgan fingerprint density at radius 3 is 2.89 bits per heavy atom. The fraction of sp³-hybridized carbons (Fsp3) is 0.364. The molecule has 0 spiro atoms. The van der Waals surface area contributed by atoms with E-state index in [9.17, 15) is 4.79 Å². The quantitative estimate of drug-likeness (QED) is 0.677. The highest BCUT2D eigenvalue weighted by atomic mass is 35.5. The van der Waals surface area contributed by atoms with Crippen LogP contribution in [0.2, 0.25) is 5.15 Å². The molecule has 2 aromatic rings. The molecular formula is C11H13ClN4O2. The van der Waals surface area contributed by atoms with Crippen molar-refractivity contribution in [3.63, 3.8) is 0 Å². The van der Waals surface area contributed by atoms with Crippen molar-refractivity contribution in [3.05, 3.63) is 22.5 Å². The molecule has 0 unspecified atom stereocenters. The normalized spacial score (nSPS) is 10.8. The minimum Gasteiger partial charge on any atom is -0.462 e. The number of carbonyl (C=O) groups excluding carboxylic acids is 1. The first kappa shape index (κ1) is 12.6. The lowest BCUT2D eigenvalue weighted by Crippen LogP contribution is -2.07. The van der Waals surface area contributed by atoms with Crippen molar-refractivity contribution in [2.45, 2.75) is 20.3 Å². The van der Waals surface area contributed by atoms with Crippen molar-refractivity contribution in [2.24, 2.45) is 0 Å². The zero-order chi connectivity index (χ0) is 13.3. The highest BCUT2D eigenvalue weighted by Crippen LogP contribution is 2.21. The van der Waals surface area contributed by atoms with E-state index in [2.05, 4.69) is 10.1 Å². The number of hydrogen-bond donors (Lipinski definition) is 1. The molecule has 2 aromatic heterocycles. The second-order valence-electron chi connectivity index (χ2n) is 3.66. The lowest BCUT2D eigenvalue weighted by atomic mass is 10.2. The summed E-state index contributed by atoms with van der Waals surface area (Å²) in [5.41, 5.74) is 7.01. The molecule has 7 heteroatoms. The summed E-state index contributed by atoms with van der Waals surface area (Å²) >= 11 is 6.02. The van der Waals surface area contributed by atoms with Gasteiger partial charge in [-0.1, -0.05) is 18.5 Å². The molecule has 0 aromatic carbocycles. The SMILES string of the molecule is CCOC(=O)c1c(N)nn2cc(CC)c(Cl)nc12. The van der Waals surface area contributed by atoms with Crippen molar-refractivity contribution in [3.8, 4) is 0 Å². The van der Waals surface area contributed by atoms with Crippen LogP contribution in [0.4, 0.5) is 5.82 Å². The molecule has 0 aliphatic carbocycles. The summed E-state index contributed by atoms with van der Waals surface area (Å²) in [7, 11) is 0. The van der Waals surface area contributed by atoms with E-state index in [4.69, 9.17) is 22.1 Å². The number of nitrogens with two attached hydrogens (primary N) is 1. The van der Waals surface area contributed by atoms with Crippen LogP contribution in [0, 0.1) is 0 Å². The Kier molecular flexibility index (Phi) is 3.38. The third-order valence-corrected chi connectivity index (χ3v) is 2.85. The number of nitrogen functional groups attached to an aromatic ring is 1. The van der Waals surface area contributed by atoms with Crippen LogP contribution in [0.5, 0.6) is 0 Å². The van der Waals surface area contributed by atoms with Crippen molar-refractivity contribution in [1.29, 1.82) is 0 Å². The van der Waals surface area contributed by atoms with E-state index in [1.165, 1.54) is 4.52 Å². The molecule has 0 radical (unpaired) electrons. The van der Waals surface area contributed by atoms with E-state index in [1.54, 1.807) is 13.1 Å². The van der Waals surface area contributed by atoms with Gasteiger partial charge in [0.05, 0.1) is 6.61 Å². The summed E-state index contributed by atoms with van der Waals surface area (Å²) in [6, 6.07) is 0. The number of aromatic nitrogens is 3. The van der Waals surface area contributed by atoms with E-state index >= 15 is 0 Å². The standard InChI is InChI=1S/C11H13ClN4O2/c1-3-6-5-16-10(14-8(6)12)7(9(13)15-16)11(17)18-4-2/h5H,3-4H2,1-2H3,(H2,13,15). The molecule has 2 rings (SSSR count). The van der Waals surface area contributed by atoms with Gasteiger partial charge in [0.25, 0.3) is 0 Å². The number of hydrogen-bond acceptors (Lipinski definition) is 5.